The predicted octanol–water partition coefficient (Wildman–Crippen LogP) is 4.06. The average molecular weight is 467 g/mol. The maximum absolute atomic E-state index is 13.0. The number of methoxy groups -OCH3 is 1. The minimum atomic E-state index is -1.12. The number of hydrogen-bond donors (Lipinski definition) is 2. The molecule has 0 unspecified atom stereocenters. The van der Waals surface area contributed by atoms with Gasteiger partial charge in [0, 0.05) is 61.2 Å². The van der Waals surface area contributed by atoms with Crippen molar-refractivity contribution in [1.29, 1.82) is 5.26 Å². The molecule has 1 aromatic heterocycles. The highest BCUT2D eigenvalue weighted by molar-refractivity contribution is 5.87. The minimum absolute atomic E-state index is 0.261. The summed E-state index contributed by atoms with van der Waals surface area (Å²) in [6, 6.07) is 10.5. The molecule has 0 atom stereocenters. The second-order valence-corrected chi connectivity index (χ2v) is 9.56. The van der Waals surface area contributed by atoms with E-state index in [1.807, 2.05) is 6.07 Å². The van der Waals surface area contributed by atoms with Crippen LogP contribution in [0.3, 0.4) is 0 Å². The Hall–Kier alpha value is -3.05. The van der Waals surface area contributed by atoms with Gasteiger partial charge < -0.3 is 24.6 Å². The van der Waals surface area contributed by atoms with E-state index in [1.165, 1.54) is 41.4 Å². The highest BCUT2D eigenvalue weighted by atomic mass is 16.5. The molecule has 0 spiro atoms. The Morgan fingerprint density at radius 1 is 1.24 bits per heavy atom. The van der Waals surface area contributed by atoms with Gasteiger partial charge in [0.1, 0.15) is 5.54 Å². The smallest absolute Gasteiger partial charge is 0.405 e. The van der Waals surface area contributed by atoms with Gasteiger partial charge in [-0.3, -0.25) is 4.79 Å². The number of carboxylic acid groups (broad SMARTS) is 1. The van der Waals surface area contributed by atoms with Crippen molar-refractivity contribution in [3.05, 3.63) is 35.5 Å². The lowest BCUT2D eigenvalue weighted by Gasteiger charge is -2.32. The number of ether oxygens (including phenoxy) is 1. The summed E-state index contributed by atoms with van der Waals surface area (Å²) >= 11 is 0. The van der Waals surface area contributed by atoms with Gasteiger partial charge in [-0.1, -0.05) is 37.5 Å². The first kappa shape index (κ1) is 24.1. The second kappa shape index (κ2) is 10.5. The van der Waals surface area contributed by atoms with Gasteiger partial charge in [-0.25, -0.2) is 4.79 Å². The van der Waals surface area contributed by atoms with Gasteiger partial charge in [0.25, 0.3) is 0 Å². The number of rotatable bonds is 5. The molecule has 2 fully saturated rings. The van der Waals surface area contributed by atoms with Crippen LogP contribution < -0.4 is 5.32 Å². The van der Waals surface area contributed by atoms with Gasteiger partial charge in [-0.05, 0) is 31.7 Å². The number of nitrogens with zero attached hydrogens (tertiary/aromatic N) is 3. The van der Waals surface area contributed by atoms with Crippen molar-refractivity contribution in [3.63, 3.8) is 0 Å². The molecule has 2 heterocycles. The molecule has 1 aliphatic heterocycles. The van der Waals surface area contributed by atoms with Crippen LogP contribution in [0, 0.1) is 17.2 Å². The molecule has 2 amide bonds. The Bertz CT molecular complexity index is 1080. The monoisotopic (exact) mass is 466 g/mol. The zero-order valence-corrected chi connectivity index (χ0v) is 19.9. The Morgan fingerprint density at radius 2 is 1.97 bits per heavy atom. The van der Waals surface area contributed by atoms with Crippen LogP contribution in [0.5, 0.6) is 0 Å². The fraction of sp³-hybridized carbons (Fsp3) is 0.577. The number of fused-ring (bicyclic) bond motifs is 3. The third-order valence-corrected chi connectivity index (χ3v) is 7.26. The van der Waals surface area contributed by atoms with Crippen molar-refractivity contribution in [1.82, 2.24) is 14.8 Å². The van der Waals surface area contributed by atoms with E-state index in [4.69, 9.17) is 15.1 Å². The number of nitrogens with one attached hydrogen (secondary N) is 1. The van der Waals surface area contributed by atoms with Gasteiger partial charge in [-0.2, -0.15) is 5.26 Å². The number of para-hydroxylation sites is 1. The molecular weight excluding hydrogens is 432 g/mol. The van der Waals surface area contributed by atoms with Crippen molar-refractivity contribution >= 4 is 22.9 Å². The van der Waals surface area contributed by atoms with E-state index >= 15 is 0 Å². The third-order valence-electron chi connectivity index (χ3n) is 7.26. The van der Waals surface area contributed by atoms with E-state index in [-0.39, 0.29) is 5.92 Å². The van der Waals surface area contributed by atoms with Crippen molar-refractivity contribution in [2.45, 2.75) is 70.0 Å². The van der Waals surface area contributed by atoms with E-state index in [0.717, 1.165) is 45.5 Å². The van der Waals surface area contributed by atoms with E-state index in [2.05, 4.69) is 39.0 Å². The number of hydrogen-bond acceptors (Lipinski definition) is 4. The van der Waals surface area contributed by atoms with Crippen LogP contribution in [-0.2, 0) is 29.0 Å². The number of aromatic nitrogens is 1. The van der Waals surface area contributed by atoms with Crippen molar-refractivity contribution in [2.24, 2.45) is 5.92 Å². The highest BCUT2D eigenvalue weighted by Gasteiger charge is 2.44. The van der Waals surface area contributed by atoms with Crippen LogP contribution in [0.4, 0.5) is 4.79 Å². The zero-order chi connectivity index (χ0) is 24.1. The molecule has 0 saturated heterocycles. The summed E-state index contributed by atoms with van der Waals surface area (Å²) in [5.74, 6) is 0.649. The lowest BCUT2D eigenvalue weighted by Crippen LogP contribution is -2.40. The summed E-state index contributed by atoms with van der Waals surface area (Å²) in [6.45, 7) is 3.22. The summed E-state index contributed by atoms with van der Waals surface area (Å²) in [5, 5.41) is 19.9. The predicted molar refractivity (Wildman–Crippen MR) is 128 cm³/mol. The van der Waals surface area contributed by atoms with Crippen LogP contribution >= 0.6 is 0 Å². The topological polar surface area (TPSA) is 108 Å². The van der Waals surface area contributed by atoms with E-state index in [1.54, 1.807) is 7.11 Å². The van der Waals surface area contributed by atoms with Crippen LogP contribution in [0.15, 0.2) is 24.3 Å². The highest BCUT2D eigenvalue weighted by Crippen LogP contribution is 2.34. The maximum atomic E-state index is 13.0. The van der Waals surface area contributed by atoms with Gasteiger partial charge in [0.15, 0.2) is 0 Å². The maximum Gasteiger partial charge on any atom is 0.405 e. The van der Waals surface area contributed by atoms with Gasteiger partial charge in [0.2, 0.25) is 5.91 Å². The van der Waals surface area contributed by atoms with Crippen LogP contribution in [0.1, 0.15) is 56.2 Å². The average Bonchev–Trinajstić information content (AvgIpc) is 3.57. The van der Waals surface area contributed by atoms with Crippen molar-refractivity contribution in [3.8, 4) is 6.07 Å². The summed E-state index contributed by atoms with van der Waals surface area (Å²) < 4.78 is 7.71. The van der Waals surface area contributed by atoms with Gasteiger partial charge in [-0.15, -0.1) is 0 Å². The van der Waals surface area contributed by atoms with Crippen LogP contribution in [0.2, 0.25) is 0 Å². The molecule has 2 aliphatic carbocycles. The molecular formula is C26H34N4O4. The number of nitriles is 1. The van der Waals surface area contributed by atoms with E-state index < -0.39 is 11.6 Å². The molecule has 3 aliphatic rings. The number of amides is 2. The van der Waals surface area contributed by atoms with E-state index in [0.29, 0.717) is 18.7 Å². The first-order chi connectivity index (χ1) is 16.5. The molecule has 34 heavy (non-hydrogen) atoms. The Labute approximate surface area is 200 Å². The van der Waals surface area contributed by atoms with Crippen molar-refractivity contribution in [2.75, 3.05) is 20.3 Å². The van der Waals surface area contributed by atoms with Gasteiger partial charge in [0.05, 0.1) is 12.7 Å². The molecule has 8 heteroatoms. The quantitative estimate of drug-likeness (QED) is 0.691. The molecule has 1 aromatic carbocycles. The van der Waals surface area contributed by atoms with Gasteiger partial charge >= 0.3 is 6.09 Å². The lowest BCUT2D eigenvalue weighted by molar-refractivity contribution is -0.137. The van der Waals surface area contributed by atoms with E-state index in [9.17, 15) is 9.59 Å². The first-order valence-electron chi connectivity index (χ1n) is 12.3. The summed E-state index contributed by atoms with van der Waals surface area (Å²) in [7, 11) is 1.75. The fourth-order valence-electron chi connectivity index (χ4n) is 5.23. The first-order valence-corrected chi connectivity index (χ1v) is 12.3. The normalized spacial score (nSPS) is 18.9. The summed E-state index contributed by atoms with van der Waals surface area (Å²) in [5.41, 5.74) is 3.29. The Kier molecular flexibility index (Phi) is 7.42. The second-order valence-electron chi connectivity index (χ2n) is 9.56. The molecule has 0 radical (unpaired) electrons. The SMILES string of the molecule is COCCn1c2c(c3ccccc31)CN(C(=O)C1CCCCC1)CC2.N#CC1(NC(=O)O)CC1. The number of carbonyl (C=O) groups is 2. The summed E-state index contributed by atoms with van der Waals surface area (Å²) in [4.78, 5) is 25.0. The molecule has 5 rings (SSSR count). The van der Waals surface area contributed by atoms with Crippen LogP contribution in [0.25, 0.3) is 10.9 Å². The molecule has 2 saturated carbocycles. The zero-order valence-electron chi connectivity index (χ0n) is 19.9. The molecule has 2 N–H and O–H groups in total. The number of benzene rings is 1. The largest absolute Gasteiger partial charge is 0.465 e. The van der Waals surface area contributed by atoms with Crippen LogP contribution in [-0.4, -0.2) is 52.4 Å². The molecule has 0 bridgehead atoms. The molecule has 182 valence electrons. The lowest BCUT2D eigenvalue weighted by atomic mass is 9.87. The summed E-state index contributed by atoms with van der Waals surface area (Å²) in [6.07, 6.45) is 7.01. The molecule has 2 aromatic rings. The fourth-order valence-corrected chi connectivity index (χ4v) is 5.23. The number of carbonyl (C=O) groups excluding carboxylic acids is 1. The van der Waals surface area contributed by atoms with Crippen molar-refractivity contribution < 1.29 is 19.4 Å². The standard InChI is InChI=1S/C21H28N2O2.C5H6N2O2/c1-25-14-13-23-19-10-6-5-9-17(19)18-15-22(12-11-20(18)23)21(24)16-7-3-2-4-8-16;6-3-5(1-2-5)7-4(8)9/h5-6,9-10,16H,2-4,7-8,11-15H2,1H3;7H,1-2H2,(H,8,9). The third kappa shape index (κ3) is 5.20. The molecule has 8 nitrogen and oxygen atoms in total. The minimum Gasteiger partial charge on any atom is -0.465 e. The Balaban J connectivity index is 0.000000257. The Morgan fingerprint density at radius 3 is 2.59 bits per heavy atom.